The summed E-state index contributed by atoms with van der Waals surface area (Å²) in [6, 6.07) is 5.54. The van der Waals surface area contributed by atoms with E-state index >= 15 is 0 Å². The fourth-order valence-corrected chi connectivity index (χ4v) is 2.28. The molecule has 0 fully saturated rings. The molecule has 0 saturated heterocycles. The van der Waals surface area contributed by atoms with Crippen LogP contribution < -0.4 is 0 Å². The third-order valence-corrected chi connectivity index (χ3v) is 3.13. The SMILES string of the molecule is Cc1nc(C)n(-c2ccc(/C=C/C(=O)O)cc2Br)n1. The molecule has 0 saturated carbocycles. The summed E-state index contributed by atoms with van der Waals surface area (Å²) in [4.78, 5) is 14.7. The van der Waals surface area contributed by atoms with E-state index in [9.17, 15) is 4.79 Å². The zero-order valence-electron chi connectivity index (χ0n) is 10.5. The standard InChI is InChI=1S/C13H12BrN3O2/c1-8-15-9(2)17(16-8)12-5-3-10(7-11(12)14)4-6-13(18)19/h3-7H,1-2H3,(H,18,19)/b6-4+. The highest BCUT2D eigenvalue weighted by Gasteiger charge is 2.08. The van der Waals surface area contributed by atoms with Crippen molar-refractivity contribution in [1.82, 2.24) is 14.8 Å². The van der Waals surface area contributed by atoms with Crippen LogP contribution in [0.25, 0.3) is 11.8 Å². The minimum Gasteiger partial charge on any atom is -0.478 e. The van der Waals surface area contributed by atoms with E-state index in [0.717, 1.165) is 27.6 Å². The zero-order valence-corrected chi connectivity index (χ0v) is 12.0. The van der Waals surface area contributed by atoms with Crippen LogP contribution in [-0.2, 0) is 4.79 Å². The number of nitrogens with zero attached hydrogens (tertiary/aromatic N) is 3. The Morgan fingerprint density at radius 1 is 1.42 bits per heavy atom. The normalized spacial score (nSPS) is 11.1. The van der Waals surface area contributed by atoms with E-state index in [-0.39, 0.29) is 0 Å². The first-order valence-electron chi connectivity index (χ1n) is 5.58. The van der Waals surface area contributed by atoms with Gasteiger partial charge in [0.15, 0.2) is 0 Å². The summed E-state index contributed by atoms with van der Waals surface area (Å²) in [5.74, 6) is 0.536. The number of aryl methyl sites for hydroxylation is 2. The van der Waals surface area contributed by atoms with E-state index in [4.69, 9.17) is 5.11 Å². The smallest absolute Gasteiger partial charge is 0.328 e. The summed E-state index contributed by atoms with van der Waals surface area (Å²) < 4.78 is 2.57. The monoisotopic (exact) mass is 321 g/mol. The van der Waals surface area contributed by atoms with Crippen LogP contribution in [0.5, 0.6) is 0 Å². The number of aliphatic carboxylic acids is 1. The highest BCUT2D eigenvalue weighted by atomic mass is 79.9. The predicted molar refractivity (Wildman–Crippen MR) is 75.2 cm³/mol. The quantitative estimate of drug-likeness (QED) is 0.882. The average Bonchev–Trinajstić information content (AvgIpc) is 2.66. The maximum Gasteiger partial charge on any atom is 0.328 e. The van der Waals surface area contributed by atoms with Crippen LogP contribution in [-0.4, -0.2) is 25.8 Å². The second-order valence-electron chi connectivity index (χ2n) is 4.00. The maximum atomic E-state index is 10.5. The van der Waals surface area contributed by atoms with E-state index in [0.29, 0.717) is 5.82 Å². The summed E-state index contributed by atoms with van der Waals surface area (Å²) in [7, 11) is 0. The number of hydrogen-bond acceptors (Lipinski definition) is 3. The molecule has 0 aliphatic carbocycles. The largest absolute Gasteiger partial charge is 0.478 e. The highest BCUT2D eigenvalue weighted by molar-refractivity contribution is 9.10. The van der Waals surface area contributed by atoms with Gasteiger partial charge in [0.25, 0.3) is 0 Å². The highest BCUT2D eigenvalue weighted by Crippen LogP contribution is 2.23. The fraction of sp³-hybridized carbons (Fsp3) is 0.154. The third kappa shape index (κ3) is 3.08. The van der Waals surface area contributed by atoms with Crippen molar-refractivity contribution in [2.45, 2.75) is 13.8 Å². The minimum absolute atomic E-state index is 0.708. The summed E-state index contributed by atoms with van der Waals surface area (Å²) in [6.45, 7) is 3.71. The summed E-state index contributed by atoms with van der Waals surface area (Å²) in [5.41, 5.74) is 1.66. The second-order valence-corrected chi connectivity index (χ2v) is 4.85. The molecule has 1 N–H and O–H groups in total. The lowest BCUT2D eigenvalue weighted by Crippen LogP contribution is -2.00. The Morgan fingerprint density at radius 2 is 2.16 bits per heavy atom. The molecule has 0 aliphatic heterocycles. The number of halogens is 1. The van der Waals surface area contributed by atoms with Crippen molar-refractivity contribution in [2.75, 3.05) is 0 Å². The van der Waals surface area contributed by atoms with E-state index < -0.39 is 5.97 Å². The Bertz CT molecular complexity index is 662. The van der Waals surface area contributed by atoms with E-state index in [1.165, 1.54) is 6.08 Å². The Morgan fingerprint density at radius 3 is 2.68 bits per heavy atom. The van der Waals surface area contributed by atoms with Gasteiger partial charge in [-0.2, -0.15) is 5.10 Å². The van der Waals surface area contributed by atoms with Gasteiger partial charge in [0.05, 0.1) is 5.69 Å². The van der Waals surface area contributed by atoms with Crippen LogP contribution in [0.4, 0.5) is 0 Å². The Kier molecular flexibility index (Phi) is 3.80. The molecule has 98 valence electrons. The molecular weight excluding hydrogens is 310 g/mol. The number of benzene rings is 1. The van der Waals surface area contributed by atoms with Crippen molar-refractivity contribution in [2.24, 2.45) is 0 Å². The van der Waals surface area contributed by atoms with Crippen molar-refractivity contribution in [3.05, 3.63) is 46.0 Å². The van der Waals surface area contributed by atoms with Crippen LogP contribution in [0.2, 0.25) is 0 Å². The lowest BCUT2D eigenvalue weighted by atomic mass is 10.2. The first kappa shape index (κ1) is 13.5. The van der Waals surface area contributed by atoms with Crippen molar-refractivity contribution in [1.29, 1.82) is 0 Å². The zero-order chi connectivity index (χ0) is 14.0. The topological polar surface area (TPSA) is 68.0 Å². The molecule has 0 unspecified atom stereocenters. The second kappa shape index (κ2) is 5.36. The van der Waals surface area contributed by atoms with Gasteiger partial charge < -0.3 is 5.11 Å². The number of carbonyl (C=O) groups is 1. The number of carboxylic acid groups (broad SMARTS) is 1. The van der Waals surface area contributed by atoms with E-state index in [1.54, 1.807) is 4.68 Å². The molecule has 0 aliphatic rings. The molecule has 0 spiro atoms. The lowest BCUT2D eigenvalue weighted by molar-refractivity contribution is -0.131. The Labute approximate surface area is 118 Å². The van der Waals surface area contributed by atoms with E-state index in [1.807, 2.05) is 32.0 Å². The molecular formula is C13H12BrN3O2. The van der Waals surface area contributed by atoms with Crippen molar-refractivity contribution in [3.8, 4) is 5.69 Å². The van der Waals surface area contributed by atoms with E-state index in [2.05, 4.69) is 26.0 Å². The first-order valence-corrected chi connectivity index (χ1v) is 6.38. The van der Waals surface area contributed by atoms with Gasteiger partial charge in [0, 0.05) is 10.5 Å². The number of rotatable bonds is 3. The molecule has 0 amide bonds. The minimum atomic E-state index is -0.969. The molecule has 5 nitrogen and oxygen atoms in total. The Balaban J connectivity index is 2.40. The van der Waals surface area contributed by atoms with Crippen molar-refractivity contribution < 1.29 is 9.90 Å². The number of carboxylic acids is 1. The number of hydrogen-bond donors (Lipinski definition) is 1. The van der Waals surface area contributed by atoms with Crippen LogP contribution in [0.1, 0.15) is 17.2 Å². The van der Waals surface area contributed by atoms with Crippen LogP contribution in [0.15, 0.2) is 28.7 Å². The van der Waals surface area contributed by atoms with Crippen molar-refractivity contribution >= 4 is 28.0 Å². The molecule has 2 aromatic rings. The van der Waals surface area contributed by atoms with Crippen molar-refractivity contribution in [3.63, 3.8) is 0 Å². The van der Waals surface area contributed by atoms with Gasteiger partial charge in [-0.25, -0.2) is 14.5 Å². The van der Waals surface area contributed by atoms with Gasteiger partial charge in [-0.3, -0.25) is 0 Å². The van der Waals surface area contributed by atoms with Gasteiger partial charge in [0.1, 0.15) is 11.6 Å². The Hall–Kier alpha value is -1.95. The third-order valence-electron chi connectivity index (χ3n) is 2.49. The van der Waals surface area contributed by atoms with Gasteiger partial charge in [0.2, 0.25) is 0 Å². The van der Waals surface area contributed by atoms with Crippen LogP contribution in [0, 0.1) is 13.8 Å². The molecule has 1 aromatic carbocycles. The van der Waals surface area contributed by atoms with Gasteiger partial charge in [-0.15, -0.1) is 0 Å². The van der Waals surface area contributed by atoms with Crippen LogP contribution >= 0.6 is 15.9 Å². The predicted octanol–water partition coefficient (Wildman–Crippen LogP) is 2.74. The van der Waals surface area contributed by atoms with Crippen LogP contribution in [0.3, 0.4) is 0 Å². The molecule has 0 atom stereocenters. The summed E-state index contributed by atoms with van der Waals surface area (Å²) in [5, 5.41) is 12.9. The van der Waals surface area contributed by atoms with Gasteiger partial charge >= 0.3 is 5.97 Å². The molecule has 1 heterocycles. The first-order chi connectivity index (χ1) is 8.97. The maximum absolute atomic E-state index is 10.5. The summed E-state index contributed by atoms with van der Waals surface area (Å²) >= 11 is 3.46. The average molecular weight is 322 g/mol. The molecule has 19 heavy (non-hydrogen) atoms. The molecule has 0 bridgehead atoms. The fourth-order valence-electron chi connectivity index (χ4n) is 1.72. The van der Waals surface area contributed by atoms with Gasteiger partial charge in [-0.1, -0.05) is 6.07 Å². The molecule has 0 radical (unpaired) electrons. The summed E-state index contributed by atoms with van der Waals surface area (Å²) in [6.07, 6.45) is 2.64. The number of aromatic nitrogens is 3. The molecule has 6 heteroatoms. The van der Waals surface area contributed by atoms with Gasteiger partial charge in [-0.05, 0) is 53.5 Å². The lowest BCUT2D eigenvalue weighted by Gasteiger charge is -2.06. The molecule has 2 rings (SSSR count). The molecule has 1 aromatic heterocycles.